The molecule has 0 aliphatic carbocycles. The average Bonchev–Trinajstić information content (AvgIpc) is 3.24. The highest BCUT2D eigenvalue weighted by atomic mass is 35.5. The minimum absolute atomic E-state index is 0.103. The van der Waals surface area contributed by atoms with Crippen LogP contribution in [0.4, 0.5) is 5.13 Å². The molecule has 1 saturated heterocycles. The first-order chi connectivity index (χ1) is 15.7. The number of hydrogen-bond acceptors (Lipinski definition) is 7. The molecule has 0 bridgehead atoms. The maximum atomic E-state index is 13.6. The lowest BCUT2D eigenvalue weighted by Crippen LogP contribution is -2.39. The van der Waals surface area contributed by atoms with E-state index in [1.807, 2.05) is 18.2 Å². The first-order valence-corrected chi connectivity index (χ1v) is 11.9. The zero-order valence-corrected chi connectivity index (χ0v) is 19.2. The van der Waals surface area contributed by atoms with Crippen LogP contribution in [0.2, 0.25) is 5.02 Å². The largest absolute Gasteiger partial charge is 0.486 e. The molecule has 168 valence electrons. The molecule has 3 heterocycles. The van der Waals surface area contributed by atoms with Crippen LogP contribution in [-0.4, -0.2) is 68.4 Å². The van der Waals surface area contributed by atoms with Crippen molar-refractivity contribution >= 4 is 44.2 Å². The lowest BCUT2D eigenvalue weighted by Gasteiger charge is -2.28. The fourth-order valence-electron chi connectivity index (χ4n) is 3.90. The molecular formula is C23H24ClN3O4S. The van der Waals surface area contributed by atoms with Crippen molar-refractivity contribution in [1.29, 1.82) is 0 Å². The first kappa shape index (κ1) is 21.5. The molecule has 5 rings (SSSR count). The Morgan fingerprint density at radius 3 is 2.72 bits per heavy atom. The number of hydrogen-bond donors (Lipinski definition) is 0. The number of morpholine rings is 1. The molecule has 3 aromatic rings. The molecule has 2 aliphatic heterocycles. The first-order valence-electron chi connectivity index (χ1n) is 10.7. The monoisotopic (exact) mass is 473 g/mol. The fraction of sp³-hybridized carbons (Fsp3) is 0.391. The summed E-state index contributed by atoms with van der Waals surface area (Å²) in [6.45, 7) is 5.85. The Bertz CT molecular complexity index is 1120. The molecule has 0 atom stereocenters. The standard InChI is InChI=1S/C23H24ClN3O4S/c24-17-3-4-18-21(15-17)32-23(25-18)27(7-1-6-26-8-10-29-11-9-26)22(28)16-2-5-19-20(14-16)31-13-12-30-19/h2-5,14-15H,1,6-13H2. The number of ether oxygens (including phenoxy) is 3. The predicted molar refractivity (Wildman–Crippen MR) is 126 cm³/mol. The van der Waals surface area contributed by atoms with Gasteiger partial charge >= 0.3 is 0 Å². The second-order valence-electron chi connectivity index (χ2n) is 7.73. The Morgan fingerprint density at radius 1 is 1.06 bits per heavy atom. The van der Waals surface area contributed by atoms with Crippen molar-refractivity contribution in [2.24, 2.45) is 0 Å². The van der Waals surface area contributed by atoms with E-state index in [1.165, 1.54) is 11.3 Å². The summed E-state index contributed by atoms with van der Waals surface area (Å²) in [6.07, 6.45) is 0.840. The maximum Gasteiger partial charge on any atom is 0.260 e. The molecule has 0 saturated carbocycles. The molecule has 1 fully saturated rings. The van der Waals surface area contributed by atoms with Crippen LogP contribution in [0.5, 0.6) is 11.5 Å². The van der Waals surface area contributed by atoms with Crippen molar-refractivity contribution < 1.29 is 19.0 Å². The summed E-state index contributed by atoms with van der Waals surface area (Å²) in [5, 5.41) is 1.33. The van der Waals surface area contributed by atoms with Gasteiger partial charge in [0.05, 0.1) is 23.4 Å². The second-order valence-corrected chi connectivity index (χ2v) is 9.18. The van der Waals surface area contributed by atoms with Gasteiger partial charge in [-0.05, 0) is 42.8 Å². The highest BCUT2D eigenvalue weighted by Crippen LogP contribution is 2.34. The third-order valence-corrected chi connectivity index (χ3v) is 6.84. The van der Waals surface area contributed by atoms with E-state index in [-0.39, 0.29) is 5.91 Å². The third-order valence-electron chi connectivity index (χ3n) is 5.56. The van der Waals surface area contributed by atoms with Gasteiger partial charge in [0.2, 0.25) is 0 Å². The number of carbonyl (C=O) groups is 1. The molecule has 2 aliphatic rings. The van der Waals surface area contributed by atoms with E-state index in [0.29, 0.717) is 47.0 Å². The average molecular weight is 474 g/mol. The zero-order chi connectivity index (χ0) is 21.9. The van der Waals surface area contributed by atoms with Gasteiger partial charge in [-0.15, -0.1) is 0 Å². The van der Waals surface area contributed by atoms with E-state index in [0.717, 1.165) is 49.5 Å². The van der Waals surface area contributed by atoms with Crippen LogP contribution >= 0.6 is 22.9 Å². The van der Waals surface area contributed by atoms with E-state index in [4.69, 9.17) is 30.8 Å². The van der Waals surface area contributed by atoms with Gasteiger partial charge in [0.15, 0.2) is 16.6 Å². The number of amides is 1. The summed E-state index contributed by atoms with van der Waals surface area (Å²) in [6, 6.07) is 10.9. The van der Waals surface area contributed by atoms with Crippen LogP contribution in [0, 0.1) is 0 Å². The molecule has 0 unspecified atom stereocenters. The quantitative estimate of drug-likeness (QED) is 0.537. The minimum Gasteiger partial charge on any atom is -0.486 e. The minimum atomic E-state index is -0.103. The Morgan fingerprint density at radius 2 is 1.88 bits per heavy atom. The fourth-order valence-corrected chi connectivity index (χ4v) is 5.16. The van der Waals surface area contributed by atoms with Crippen LogP contribution in [0.25, 0.3) is 10.2 Å². The Kier molecular flexibility index (Phi) is 6.45. The van der Waals surface area contributed by atoms with Gasteiger partial charge in [-0.3, -0.25) is 14.6 Å². The number of carbonyl (C=O) groups excluding carboxylic acids is 1. The lowest BCUT2D eigenvalue weighted by molar-refractivity contribution is 0.0376. The molecule has 1 amide bonds. The third kappa shape index (κ3) is 4.68. The van der Waals surface area contributed by atoms with Gasteiger partial charge in [0.1, 0.15) is 13.2 Å². The summed E-state index contributed by atoms with van der Waals surface area (Å²) in [4.78, 5) is 22.5. The van der Waals surface area contributed by atoms with Crippen LogP contribution in [0.3, 0.4) is 0 Å². The molecule has 32 heavy (non-hydrogen) atoms. The zero-order valence-electron chi connectivity index (χ0n) is 17.6. The molecular weight excluding hydrogens is 450 g/mol. The molecule has 0 spiro atoms. The SMILES string of the molecule is O=C(c1ccc2c(c1)OCCO2)N(CCCN1CCOCC1)c1nc2ccc(Cl)cc2s1. The Balaban J connectivity index is 1.40. The molecule has 9 heteroatoms. The van der Waals surface area contributed by atoms with Gasteiger partial charge in [0.25, 0.3) is 5.91 Å². The summed E-state index contributed by atoms with van der Waals surface area (Å²) in [5.74, 6) is 1.17. The van der Waals surface area contributed by atoms with Crippen LogP contribution in [-0.2, 0) is 4.74 Å². The number of rotatable bonds is 6. The van der Waals surface area contributed by atoms with Crippen molar-refractivity contribution in [3.05, 3.63) is 47.0 Å². The lowest BCUT2D eigenvalue weighted by atomic mass is 10.1. The number of halogens is 1. The Labute approximate surface area is 195 Å². The van der Waals surface area contributed by atoms with Gasteiger partial charge in [-0.2, -0.15) is 0 Å². The molecule has 7 nitrogen and oxygen atoms in total. The van der Waals surface area contributed by atoms with Crippen molar-refractivity contribution in [2.45, 2.75) is 6.42 Å². The van der Waals surface area contributed by atoms with E-state index in [2.05, 4.69) is 4.90 Å². The van der Waals surface area contributed by atoms with Crippen LogP contribution in [0.15, 0.2) is 36.4 Å². The van der Waals surface area contributed by atoms with E-state index >= 15 is 0 Å². The number of aromatic nitrogens is 1. The van der Waals surface area contributed by atoms with Crippen molar-refractivity contribution in [1.82, 2.24) is 9.88 Å². The van der Waals surface area contributed by atoms with Gasteiger partial charge in [-0.25, -0.2) is 4.98 Å². The normalized spacial score (nSPS) is 16.3. The summed E-state index contributed by atoms with van der Waals surface area (Å²) in [7, 11) is 0. The smallest absolute Gasteiger partial charge is 0.260 e. The summed E-state index contributed by atoms with van der Waals surface area (Å²) >= 11 is 7.64. The predicted octanol–water partition coefficient (Wildman–Crippen LogP) is 4.09. The molecule has 0 N–H and O–H groups in total. The van der Waals surface area contributed by atoms with Crippen molar-refractivity contribution in [3.63, 3.8) is 0 Å². The highest BCUT2D eigenvalue weighted by Gasteiger charge is 2.24. The summed E-state index contributed by atoms with van der Waals surface area (Å²) < 4.78 is 17.7. The van der Waals surface area contributed by atoms with Crippen LogP contribution < -0.4 is 14.4 Å². The van der Waals surface area contributed by atoms with Gasteiger partial charge in [0, 0.05) is 36.8 Å². The van der Waals surface area contributed by atoms with E-state index in [1.54, 1.807) is 23.1 Å². The van der Waals surface area contributed by atoms with Gasteiger partial charge < -0.3 is 14.2 Å². The number of thiazole rings is 1. The highest BCUT2D eigenvalue weighted by molar-refractivity contribution is 7.22. The number of nitrogens with zero attached hydrogens (tertiary/aromatic N) is 3. The molecule has 2 aromatic carbocycles. The van der Waals surface area contributed by atoms with Crippen molar-refractivity contribution in [2.75, 3.05) is 57.5 Å². The van der Waals surface area contributed by atoms with Crippen LogP contribution in [0.1, 0.15) is 16.8 Å². The van der Waals surface area contributed by atoms with E-state index in [9.17, 15) is 4.79 Å². The summed E-state index contributed by atoms with van der Waals surface area (Å²) in [5.41, 5.74) is 1.39. The van der Waals surface area contributed by atoms with Gasteiger partial charge in [-0.1, -0.05) is 22.9 Å². The van der Waals surface area contributed by atoms with E-state index < -0.39 is 0 Å². The maximum absolute atomic E-state index is 13.6. The number of anilines is 1. The number of fused-ring (bicyclic) bond motifs is 2. The Hall–Kier alpha value is -2.39. The molecule has 0 radical (unpaired) electrons. The molecule has 1 aromatic heterocycles. The second kappa shape index (κ2) is 9.62. The number of benzene rings is 2. The van der Waals surface area contributed by atoms with Crippen molar-refractivity contribution in [3.8, 4) is 11.5 Å². The topological polar surface area (TPSA) is 64.1 Å².